The number of ketones is 1. The molecule has 4 nitrogen and oxygen atoms in total. The van der Waals surface area contributed by atoms with E-state index >= 15 is 0 Å². The number of nitrogens with one attached hydrogen (secondary N) is 1. The molecule has 0 fully saturated rings. The lowest BCUT2D eigenvalue weighted by Gasteiger charge is -2.02. The third-order valence-electron chi connectivity index (χ3n) is 2.42. The van der Waals surface area contributed by atoms with Gasteiger partial charge in [-0.05, 0) is 25.3 Å². The summed E-state index contributed by atoms with van der Waals surface area (Å²) in [5, 5.41) is 3.17. The maximum Gasteiger partial charge on any atom is 0.212 e. The normalized spacial score (nSPS) is 10.9. The predicted octanol–water partition coefficient (Wildman–Crippen LogP) is 3.18. The van der Waals surface area contributed by atoms with Crippen LogP contribution in [0, 0.1) is 11.6 Å². The number of carbonyl (C=O) groups excluding carboxylic acids is 1. The molecule has 0 bridgehead atoms. The van der Waals surface area contributed by atoms with E-state index in [1.54, 1.807) is 19.2 Å². The van der Waals surface area contributed by atoms with Gasteiger partial charge in [0.05, 0.1) is 5.56 Å². The Balaban J connectivity index is 2.41. The van der Waals surface area contributed by atoms with Crippen LogP contribution in [0.4, 0.5) is 19.7 Å². The molecule has 0 aliphatic rings. The van der Waals surface area contributed by atoms with Crippen molar-refractivity contribution in [2.75, 3.05) is 11.1 Å². The lowest BCUT2D eigenvalue weighted by Crippen LogP contribution is -2.07. The Morgan fingerprint density at radius 2 is 2.05 bits per heavy atom. The van der Waals surface area contributed by atoms with Gasteiger partial charge >= 0.3 is 0 Å². The molecular weight excluding hydrogens is 284 g/mol. The molecule has 7 heteroatoms. The Bertz CT molecular complexity index is 662. The number of rotatable bonds is 4. The summed E-state index contributed by atoms with van der Waals surface area (Å²) < 4.78 is 27.2. The highest BCUT2D eigenvalue weighted by Gasteiger charge is 2.23. The molecule has 1 aromatic carbocycles. The van der Waals surface area contributed by atoms with Gasteiger partial charge in [0.1, 0.15) is 22.3 Å². The Labute approximate surface area is 118 Å². The van der Waals surface area contributed by atoms with E-state index in [-0.39, 0.29) is 10.7 Å². The van der Waals surface area contributed by atoms with Gasteiger partial charge in [0.25, 0.3) is 0 Å². The van der Waals surface area contributed by atoms with Crippen LogP contribution in [0.1, 0.15) is 22.2 Å². The van der Waals surface area contributed by atoms with E-state index in [1.807, 2.05) is 0 Å². The molecule has 0 saturated heterocycles. The SMILES string of the molecule is C/C=C/Nc1nc(N)c(C(=O)c2c(F)cccc2F)s1. The highest BCUT2D eigenvalue weighted by Crippen LogP contribution is 2.29. The van der Waals surface area contributed by atoms with Crippen LogP contribution in [0.25, 0.3) is 0 Å². The molecule has 2 aromatic rings. The van der Waals surface area contributed by atoms with E-state index in [1.165, 1.54) is 6.07 Å². The maximum atomic E-state index is 13.6. The van der Waals surface area contributed by atoms with Gasteiger partial charge in [0.15, 0.2) is 5.13 Å². The van der Waals surface area contributed by atoms with Crippen molar-refractivity contribution in [2.45, 2.75) is 6.92 Å². The average molecular weight is 295 g/mol. The van der Waals surface area contributed by atoms with Crippen molar-refractivity contribution in [1.82, 2.24) is 4.98 Å². The molecule has 20 heavy (non-hydrogen) atoms. The summed E-state index contributed by atoms with van der Waals surface area (Å²) in [4.78, 5) is 16.1. The Kier molecular flexibility index (Phi) is 4.09. The zero-order valence-electron chi connectivity index (χ0n) is 10.5. The summed E-state index contributed by atoms with van der Waals surface area (Å²) in [6, 6.07) is 3.23. The van der Waals surface area contributed by atoms with E-state index in [2.05, 4.69) is 10.3 Å². The fraction of sp³-hybridized carbons (Fsp3) is 0.0769. The standard InChI is InChI=1S/C13H11F2N3OS/c1-2-6-17-13-18-12(16)11(20-13)10(19)9-7(14)4-3-5-8(9)15/h2-6H,16H2,1H3,(H,17,18)/b6-2+. The molecule has 0 aliphatic heterocycles. The largest absolute Gasteiger partial charge is 0.382 e. The van der Waals surface area contributed by atoms with Crippen molar-refractivity contribution in [3.05, 3.63) is 52.6 Å². The number of benzene rings is 1. The second-order valence-corrected chi connectivity index (χ2v) is 4.80. The van der Waals surface area contributed by atoms with E-state index in [0.717, 1.165) is 23.5 Å². The van der Waals surface area contributed by atoms with E-state index in [0.29, 0.717) is 5.13 Å². The number of thiazole rings is 1. The number of aromatic nitrogens is 1. The Morgan fingerprint density at radius 3 is 2.65 bits per heavy atom. The zero-order chi connectivity index (χ0) is 14.7. The van der Waals surface area contributed by atoms with Crippen LogP contribution in [0.15, 0.2) is 30.5 Å². The average Bonchev–Trinajstić information content (AvgIpc) is 2.77. The van der Waals surface area contributed by atoms with E-state index in [9.17, 15) is 13.6 Å². The summed E-state index contributed by atoms with van der Waals surface area (Å²) in [6.07, 6.45) is 3.34. The molecule has 104 valence electrons. The molecule has 3 N–H and O–H groups in total. The minimum atomic E-state index is -0.925. The first-order valence-electron chi connectivity index (χ1n) is 5.67. The molecule has 0 unspecified atom stereocenters. The number of carbonyl (C=O) groups is 1. The maximum absolute atomic E-state index is 13.6. The van der Waals surface area contributed by atoms with Gasteiger partial charge in [0, 0.05) is 0 Å². The second-order valence-electron chi connectivity index (χ2n) is 3.80. The van der Waals surface area contributed by atoms with Crippen molar-refractivity contribution in [3.8, 4) is 0 Å². The summed E-state index contributed by atoms with van der Waals surface area (Å²) >= 11 is 0.938. The Morgan fingerprint density at radius 1 is 1.40 bits per heavy atom. The van der Waals surface area contributed by atoms with E-state index in [4.69, 9.17) is 5.73 Å². The van der Waals surface area contributed by atoms with Gasteiger partial charge in [-0.1, -0.05) is 23.5 Å². The van der Waals surface area contributed by atoms with Crippen molar-refractivity contribution in [2.24, 2.45) is 0 Å². The highest BCUT2D eigenvalue weighted by molar-refractivity contribution is 7.18. The quantitative estimate of drug-likeness (QED) is 0.850. The number of allylic oxidation sites excluding steroid dienone is 1. The topological polar surface area (TPSA) is 68.0 Å². The van der Waals surface area contributed by atoms with Gasteiger partial charge in [-0.3, -0.25) is 4.79 Å². The lowest BCUT2D eigenvalue weighted by atomic mass is 10.1. The first kappa shape index (κ1) is 14.1. The third kappa shape index (κ3) is 2.67. The number of hydrogen-bond donors (Lipinski definition) is 2. The molecule has 0 amide bonds. The molecule has 0 radical (unpaired) electrons. The van der Waals surface area contributed by atoms with Crippen LogP contribution in [0.3, 0.4) is 0 Å². The van der Waals surface area contributed by atoms with Gasteiger partial charge in [-0.25, -0.2) is 13.8 Å². The molecule has 1 heterocycles. The van der Waals surface area contributed by atoms with Crippen LogP contribution in [-0.2, 0) is 0 Å². The lowest BCUT2D eigenvalue weighted by molar-refractivity contribution is 0.103. The van der Waals surface area contributed by atoms with Crippen LogP contribution < -0.4 is 11.1 Å². The smallest absolute Gasteiger partial charge is 0.212 e. The summed E-state index contributed by atoms with van der Waals surface area (Å²) in [6.45, 7) is 1.80. The van der Waals surface area contributed by atoms with Crippen LogP contribution in [0.5, 0.6) is 0 Å². The van der Waals surface area contributed by atoms with Crippen molar-refractivity contribution >= 4 is 28.1 Å². The van der Waals surface area contributed by atoms with Crippen molar-refractivity contribution < 1.29 is 13.6 Å². The van der Waals surface area contributed by atoms with Crippen LogP contribution >= 0.6 is 11.3 Å². The number of halogens is 2. The van der Waals surface area contributed by atoms with Gasteiger partial charge in [-0.2, -0.15) is 0 Å². The molecule has 0 saturated carbocycles. The van der Waals surface area contributed by atoms with Gasteiger partial charge in [-0.15, -0.1) is 0 Å². The molecule has 0 atom stereocenters. The van der Waals surface area contributed by atoms with Crippen molar-refractivity contribution in [3.63, 3.8) is 0 Å². The highest BCUT2D eigenvalue weighted by atomic mass is 32.1. The summed E-state index contributed by atoms with van der Waals surface area (Å²) in [5.74, 6) is -2.73. The third-order valence-corrected chi connectivity index (χ3v) is 3.42. The first-order chi connectivity index (χ1) is 9.54. The number of anilines is 2. The molecule has 1 aromatic heterocycles. The van der Waals surface area contributed by atoms with Crippen molar-refractivity contribution in [1.29, 1.82) is 0 Å². The number of nitrogens with two attached hydrogens (primary N) is 1. The zero-order valence-corrected chi connectivity index (χ0v) is 11.3. The first-order valence-corrected chi connectivity index (χ1v) is 6.49. The fourth-order valence-electron chi connectivity index (χ4n) is 1.54. The van der Waals surface area contributed by atoms with Crippen LogP contribution in [-0.4, -0.2) is 10.8 Å². The monoisotopic (exact) mass is 295 g/mol. The van der Waals surface area contributed by atoms with Gasteiger partial charge in [0.2, 0.25) is 5.78 Å². The predicted molar refractivity (Wildman–Crippen MR) is 74.8 cm³/mol. The second kappa shape index (κ2) is 5.79. The van der Waals surface area contributed by atoms with Crippen LogP contribution in [0.2, 0.25) is 0 Å². The Hall–Kier alpha value is -2.28. The summed E-state index contributed by atoms with van der Waals surface area (Å²) in [5.41, 5.74) is 5.00. The number of nitrogen functional groups attached to an aromatic ring is 1. The van der Waals surface area contributed by atoms with Gasteiger partial charge < -0.3 is 11.1 Å². The molecule has 0 aliphatic carbocycles. The molecule has 2 rings (SSSR count). The van der Waals surface area contributed by atoms with E-state index < -0.39 is 23.0 Å². The molecular formula is C13H11F2N3OS. The minimum Gasteiger partial charge on any atom is -0.382 e. The summed E-state index contributed by atoms with van der Waals surface area (Å²) in [7, 11) is 0. The fourth-order valence-corrected chi connectivity index (χ4v) is 2.35. The number of nitrogens with zero attached hydrogens (tertiary/aromatic N) is 1. The molecule has 0 spiro atoms. The minimum absolute atomic E-state index is 0.000929. The number of hydrogen-bond acceptors (Lipinski definition) is 5.